The summed E-state index contributed by atoms with van der Waals surface area (Å²) >= 11 is 0. The van der Waals surface area contributed by atoms with Crippen LogP contribution in [-0.4, -0.2) is 24.2 Å². The lowest BCUT2D eigenvalue weighted by Crippen LogP contribution is -2.15. The van der Waals surface area contributed by atoms with E-state index in [0.717, 1.165) is 23.3 Å². The first-order chi connectivity index (χ1) is 9.02. The molecule has 1 atom stereocenters. The van der Waals surface area contributed by atoms with E-state index in [1.807, 2.05) is 32.0 Å². The van der Waals surface area contributed by atoms with E-state index in [2.05, 4.69) is 0 Å². The summed E-state index contributed by atoms with van der Waals surface area (Å²) in [6.07, 6.45) is 2.90. The zero-order valence-electron chi connectivity index (χ0n) is 11.6. The van der Waals surface area contributed by atoms with Crippen molar-refractivity contribution < 1.29 is 14.6 Å². The normalized spacial score (nSPS) is 12.2. The number of rotatable bonds is 8. The summed E-state index contributed by atoms with van der Waals surface area (Å²) in [5.41, 5.74) is 7.19. The van der Waals surface area contributed by atoms with Gasteiger partial charge >= 0.3 is 0 Å². The lowest BCUT2D eigenvalue weighted by molar-refractivity contribution is -0.118. The molecule has 0 spiro atoms. The molecule has 0 unspecified atom stereocenters. The van der Waals surface area contributed by atoms with Gasteiger partial charge in [-0.15, -0.1) is 0 Å². The minimum atomic E-state index is -0.272. The van der Waals surface area contributed by atoms with E-state index in [4.69, 9.17) is 15.6 Å². The van der Waals surface area contributed by atoms with Crippen LogP contribution in [0.4, 0.5) is 0 Å². The van der Waals surface area contributed by atoms with Crippen molar-refractivity contribution in [1.29, 1.82) is 0 Å². The van der Waals surface area contributed by atoms with Crippen LogP contribution in [0.2, 0.25) is 0 Å². The lowest BCUT2D eigenvalue weighted by Gasteiger charge is -2.13. The van der Waals surface area contributed by atoms with Crippen molar-refractivity contribution in [3.8, 4) is 5.75 Å². The Labute approximate surface area is 114 Å². The minimum Gasteiger partial charge on any atom is -0.493 e. The number of carbonyl (C=O) groups is 1. The molecule has 105 valence electrons. The van der Waals surface area contributed by atoms with Gasteiger partial charge in [-0.25, -0.2) is 0 Å². The number of aryl methyl sites for hydroxylation is 1. The largest absolute Gasteiger partial charge is 0.493 e. The summed E-state index contributed by atoms with van der Waals surface area (Å²) in [5.74, 6) is 0.821. The number of aliphatic hydroxyl groups excluding tert-OH is 1. The third kappa shape index (κ3) is 5.75. The molecule has 4 heteroatoms. The van der Waals surface area contributed by atoms with Crippen LogP contribution in [0, 0.1) is 19.3 Å². The molecule has 1 amide bonds. The molecule has 0 bridgehead atoms. The average Bonchev–Trinajstić information content (AvgIpc) is 2.37. The van der Waals surface area contributed by atoms with Gasteiger partial charge in [0, 0.05) is 12.8 Å². The van der Waals surface area contributed by atoms with Crippen molar-refractivity contribution in [1.82, 2.24) is 0 Å². The van der Waals surface area contributed by atoms with Crippen molar-refractivity contribution in [2.75, 3.05) is 13.2 Å². The predicted molar refractivity (Wildman–Crippen MR) is 74.8 cm³/mol. The van der Waals surface area contributed by atoms with Gasteiger partial charge in [-0.2, -0.15) is 0 Å². The van der Waals surface area contributed by atoms with E-state index in [1.165, 1.54) is 0 Å². The number of hydrogen-bond acceptors (Lipinski definition) is 3. The van der Waals surface area contributed by atoms with Crippen LogP contribution in [-0.2, 0) is 4.79 Å². The second-order valence-corrected chi connectivity index (χ2v) is 4.83. The Bertz CT molecular complexity index is 418. The van der Waals surface area contributed by atoms with Gasteiger partial charge in [0.15, 0.2) is 0 Å². The summed E-state index contributed by atoms with van der Waals surface area (Å²) in [5, 5.41) is 8.87. The van der Waals surface area contributed by atoms with Crippen molar-refractivity contribution in [3.05, 3.63) is 35.7 Å². The second-order valence-electron chi connectivity index (χ2n) is 4.83. The number of hydrogen-bond donors (Lipinski definition) is 2. The predicted octanol–water partition coefficient (Wildman–Crippen LogP) is 1.82. The van der Waals surface area contributed by atoms with Gasteiger partial charge in [0.1, 0.15) is 5.75 Å². The molecule has 0 fully saturated rings. The first-order valence-corrected chi connectivity index (χ1v) is 6.48. The van der Waals surface area contributed by atoms with Crippen LogP contribution in [0.5, 0.6) is 5.75 Å². The molecule has 0 saturated carbocycles. The minimum absolute atomic E-state index is 0.0329. The van der Waals surface area contributed by atoms with E-state index < -0.39 is 0 Å². The van der Waals surface area contributed by atoms with Crippen LogP contribution < -0.4 is 10.5 Å². The number of primary amides is 1. The van der Waals surface area contributed by atoms with Gasteiger partial charge in [0.05, 0.1) is 13.2 Å². The molecular weight excluding hydrogens is 242 g/mol. The highest BCUT2D eigenvalue weighted by Gasteiger charge is 2.06. The molecule has 1 aromatic carbocycles. The van der Waals surface area contributed by atoms with E-state index in [-0.39, 0.29) is 18.4 Å². The monoisotopic (exact) mass is 264 g/mol. The molecule has 1 aromatic rings. The van der Waals surface area contributed by atoms with E-state index >= 15 is 0 Å². The molecule has 0 heterocycles. The Morgan fingerprint density at radius 3 is 2.84 bits per heavy atom. The SMILES string of the molecule is Cc1cc(OC[C@H](C)CCC(N)=O)ccc1[CH]CO. The number of ether oxygens (including phenoxy) is 1. The quantitative estimate of drug-likeness (QED) is 0.752. The maximum atomic E-state index is 10.7. The first-order valence-electron chi connectivity index (χ1n) is 6.48. The van der Waals surface area contributed by atoms with Crippen LogP contribution in [0.3, 0.4) is 0 Å². The zero-order chi connectivity index (χ0) is 14.3. The highest BCUT2D eigenvalue weighted by molar-refractivity contribution is 5.73. The highest BCUT2D eigenvalue weighted by Crippen LogP contribution is 2.19. The zero-order valence-corrected chi connectivity index (χ0v) is 11.6. The molecule has 0 aliphatic carbocycles. The summed E-state index contributed by atoms with van der Waals surface area (Å²) in [4.78, 5) is 10.7. The molecular formula is C15H22NO3. The molecule has 1 rings (SSSR count). The van der Waals surface area contributed by atoms with Crippen LogP contribution in [0.15, 0.2) is 18.2 Å². The summed E-state index contributed by atoms with van der Waals surface area (Å²) in [6, 6.07) is 5.76. The van der Waals surface area contributed by atoms with Gasteiger partial charge in [0.2, 0.25) is 5.91 Å². The number of benzene rings is 1. The fourth-order valence-electron chi connectivity index (χ4n) is 1.78. The third-order valence-corrected chi connectivity index (χ3v) is 2.97. The van der Waals surface area contributed by atoms with Gasteiger partial charge in [-0.3, -0.25) is 4.79 Å². The van der Waals surface area contributed by atoms with Crippen molar-refractivity contribution in [3.63, 3.8) is 0 Å². The molecule has 1 radical (unpaired) electrons. The van der Waals surface area contributed by atoms with Gasteiger partial charge in [-0.05, 0) is 42.5 Å². The number of nitrogens with two attached hydrogens (primary N) is 1. The smallest absolute Gasteiger partial charge is 0.217 e. The summed E-state index contributed by atoms with van der Waals surface area (Å²) < 4.78 is 5.69. The molecule has 0 aromatic heterocycles. The van der Waals surface area contributed by atoms with Crippen molar-refractivity contribution in [2.24, 2.45) is 11.7 Å². The van der Waals surface area contributed by atoms with Crippen molar-refractivity contribution >= 4 is 5.91 Å². The molecule has 3 N–H and O–H groups in total. The molecule has 4 nitrogen and oxygen atoms in total. The first kappa shape index (κ1) is 15.5. The van der Waals surface area contributed by atoms with Crippen LogP contribution >= 0.6 is 0 Å². The lowest BCUT2D eigenvalue weighted by atomic mass is 10.1. The van der Waals surface area contributed by atoms with Gasteiger partial charge < -0.3 is 15.6 Å². The van der Waals surface area contributed by atoms with Crippen LogP contribution in [0.1, 0.15) is 30.9 Å². The number of carbonyl (C=O) groups excluding carboxylic acids is 1. The Hall–Kier alpha value is -1.55. The van der Waals surface area contributed by atoms with Crippen LogP contribution in [0.25, 0.3) is 0 Å². The summed E-state index contributed by atoms with van der Waals surface area (Å²) in [6.45, 7) is 4.61. The fraction of sp³-hybridized carbons (Fsp3) is 0.467. The Morgan fingerprint density at radius 1 is 1.53 bits per heavy atom. The second kappa shape index (κ2) is 7.79. The Balaban J connectivity index is 2.45. The topological polar surface area (TPSA) is 72.5 Å². The Morgan fingerprint density at radius 2 is 2.26 bits per heavy atom. The third-order valence-electron chi connectivity index (χ3n) is 2.97. The Kier molecular flexibility index (Phi) is 6.36. The standard InChI is InChI=1S/C15H22NO3/c1-11(3-6-15(16)18)10-19-14-5-4-13(7-8-17)12(2)9-14/h4-5,7,9,11,17H,3,6,8,10H2,1-2H3,(H2,16,18)/t11-/m1/s1. The van der Waals surface area contributed by atoms with Crippen molar-refractivity contribution in [2.45, 2.75) is 26.7 Å². The van der Waals surface area contributed by atoms with E-state index in [9.17, 15) is 4.79 Å². The van der Waals surface area contributed by atoms with E-state index in [0.29, 0.717) is 13.0 Å². The van der Waals surface area contributed by atoms with Gasteiger partial charge in [-0.1, -0.05) is 13.0 Å². The molecule has 0 aliphatic rings. The number of aliphatic hydroxyl groups is 1. The summed E-state index contributed by atoms with van der Waals surface area (Å²) in [7, 11) is 0. The molecule has 19 heavy (non-hydrogen) atoms. The highest BCUT2D eigenvalue weighted by atomic mass is 16.5. The average molecular weight is 264 g/mol. The fourth-order valence-corrected chi connectivity index (χ4v) is 1.78. The maximum absolute atomic E-state index is 10.7. The molecule has 0 saturated heterocycles. The maximum Gasteiger partial charge on any atom is 0.217 e. The van der Waals surface area contributed by atoms with Gasteiger partial charge in [0.25, 0.3) is 0 Å². The van der Waals surface area contributed by atoms with E-state index in [1.54, 1.807) is 6.42 Å². The number of amides is 1. The molecule has 0 aliphatic heterocycles.